The van der Waals surface area contributed by atoms with Gasteiger partial charge in [-0.25, -0.2) is 8.42 Å². The molecule has 1 aromatic heterocycles. The second kappa shape index (κ2) is 9.82. The van der Waals surface area contributed by atoms with Gasteiger partial charge < -0.3 is 10.2 Å². The van der Waals surface area contributed by atoms with Crippen molar-refractivity contribution in [1.82, 2.24) is 14.5 Å². The fourth-order valence-electron chi connectivity index (χ4n) is 3.57. The van der Waals surface area contributed by atoms with E-state index >= 15 is 0 Å². The lowest BCUT2D eigenvalue weighted by molar-refractivity contribution is -0.121. The Hall–Kier alpha value is -0.960. The highest BCUT2D eigenvalue weighted by molar-refractivity contribution is 7.91. The Bertz CT molecular complexity index is 651. The van der Waals surface area contributed by atoms with Crippen molar-refractivity contribution in [2.24, 2.45) is 11.8 Å². The molecule has 148 valence electrons. The van der Waals surface area contributed by atoms with Crippen molar-refractivity contribution in [2.75, 3.05) is 39.8 Å². The molecule has 0 aromatic carbocycles. The summed E-state index contributed by atoms with van der Waals surface area (Å²) in [5, 5.41) is 4.54. The summed E-state index contributed by atoms with van der Waals surface area (Å²) in [5.74, 6) is 1.27. The Morgan fingerprint density at radius 1 is 1.31 bits per heavy atom. The van der Waals surface area contributed by atoms with Crippen LogP contribution in [0.1, 0.15) is 33.1 Å². The van der Waals surface area contributed by atoms with Crippen LogP contribution in [0.5, 0.6) is 0 Å². The van der Waals surface area contributed by atoms with E-state index in [4.69, 9.17) is 0 Å². The van der Waals surface area contributed by atoms with Gasteiger partial charge in [-0.05, 0) is 49.1 Å². The van der Waals surface area contributed by atoms with Crippen molar-refractivity contribution in [3.63, 3.8) is 0 Å². The molecule has 1 aliphatic heterocycles. The minimum Gasteiger partial charge on any atom is -0.355 e. The molecule has 0 bridgehead atoms. The molecule has 2 rings (SSSR count). The third kappa shape index (κ3) is 6.33. The first kappa shape index (κ1) is 21.3. The average molecular weight is 402 g/mol. The largest absolute Gasteiger partial charge is 0.355 e. The zero-order valence-corrected chi connectivity index (χ0v) is 17.6. The SMILES string of the molecule is CC1CC(C)CN(CCCCNC(=O)CN(C)S(=O)(=O)c2cccs2)C1. The van der Waals surface area contributed by atoms with E-state index in [2.05, 4.69) is 24.1 Å². The molecule has 6 nitrogen and oxygen atoms in total. The molecule has 1 amide bonds. The number of carbonyl (C=O) groups excluding carboxylic acids is 1. The molecule has 0 saturated carbocycles. The zero-order valence-electron chi connectivity index (χ0n) is 16.0. The van der Waals surface area contributed by atoms with Crippen LogP contribution in [0, 0.1) is 11.8 Å². The van der Waals surface area contributed by atoms with Crippen molar-refractivity contribution < 1.29 is 13.2 Å². The monoisotopic (exact) mass is 401 g/mol. The van der Waals surface area contributed by atoms with E-state index in [9.17, 15) is 13.2 Å². The van der Waals surface area contributed by atoms with Gasteiger partial charge in [0.05, 0.1) is 6.54 Å². The Morgan fingerprint density at radius 3 is 2.62 bits per heavy atom. The standard InChI is InChI=1S/C18H31N3O3S2/c1-15-11-16(2)13-21(12-15)9-5-4-8-19-17(22)14-20(3)26(23,24)18-7-6-10-25-18/h6-7,10,15-16H,4-5,8-9,11-14H2,1-3H3,(H,19,22). The Morgan fingerprint density at radius 2 is 2.00 bits per heavy atom. The number of likely N-dealkylation sites (tertiary alicyclic amines) is 1. The first-order chi connectivity index (χ1) is 12.3. The first-order valence-electron chi connectivity index (χ1n) is 9.28. The summed E-state index contributed by atoms with van der Waals surface area (Å²) >= 11 is 1.16. The van der Waals surface area contributed by atoms with Crippen molar-refractivity contribution in [1.29, 1.82) is 0 Å². The van der Waals surface area contributed by atoms with Gasteiger partial charge in [-0.3, -0.25) is 4.79 Å². The number of hydrogen-bond donors (Lipinski definition) is 1. The highest BCUT2D eigenvalue weighted by atomic mass is 32.2. The van der Waals surface area contributed by atoms with Gasteiger partial charge in [0.2, 0.25) is 5.91 Å². The number of hydrogen-bond acceptors (Lipinski definition) is 5. The summed E-state index contributed by atoms with van der Waals surface area (Å²) in [6.45, 7) is 8.46. The first-order valence-corrected chi connectivity index (χ1v) is 11.6. The molecule has 1 fully saturated rings. The minimum absolute atomic E-state index is 0.151. The minimum atomic E-state index is -3.57. The summed E-state index contributed by atoms with van der Waals surface area (Å²) in [6.07, 6.45) is 3.27. The third-order valence-corrected chi connectivity index (χ3v) is 7.87. The number of thiophene rings is 1. The molecule has 0 radical (unpaired) electrons. The molecule has 1 aliphatic rings. The number of amides is 1. The van der Waals surface area contributed by atoms with Gasteiger partial charge in [0, 0.05) is 26.7 Å². The van der Waals surface area contributed by atoms with Crippen LogP contribution in [0.3, 0.4) is 0 Å². The van der Waals surface area contributed by atoms with E-state index in [0.717, 1.165) is 46.9 Å². The zero-order chi connectivity index (χ0) is 19.2. The van der Waals surface area contributed by atoms with Crippen LogP contribution in [-0.4, -0.2) is 63.3 Å². The molecule has 0 spiro atoms. The number of nitrogens with one attached hydrogen (secondary N) is 1. The number of unbranched alkanes of at least 4 members (excludes halogenated alkanes) is 1. The lowest BCUT2D eigenvalue weighted by atomic mass is 9.92. The Balaban J connectivity index is 1.63. The second-order valence-corrected chi connectivity index (χ2v) is 10.7. The average Bonchev–Trinajstić information content (AvgIpc) is 3.08. The molecule has 26 heavy (non-hydrogen) atoms. The molecule has 0 aliphatic carbocycles. The predicted molar refractivity (Wildman–Crippen MR) is 106 cm³/mol. The number of carbonyl (C=O) groups is 1. The number of nitrogens with zero attached hydrogens (tertiary/aromatic N) is 2. The van der Waals surface area contributed by atoms with Crippen LogP contribution >= 0.6 is 11.3 Å². The summed E-state index contributed by atoms with van der Waals surface area (Å²) in [5.41, 5.74) is 0. The van der Waals surface area contributed by atoms with Gasteiger partial charge >= 0.3 is 0 Å². The molecule has 8 heteroatoms. The lowest BCUT2D eigenvalue weighted by Crippen LogP contribution is -2.40. The van der Waals surface area contributed by atoms with Gasteiger partial charge in [0.1, 0.15) is 4.21 Å². The van der Waals surface area contributed by atoms with Crippen molar-refractivity contribution >= 4 is 27.3 Å². The molecule has 2 atom stereocenters. The summed E-state index contributed by atoms with van der Waals surface area (Å²) in [6, 6.07) is 3.24. The highest BCUT2D eigenvalue weighted by Gasteiger charge is 2.24. The number of sulfonamides is 1. The summed E-state index contributed by atoms with van der Waals surface area (Å²) < 4.78 is 25.9. The third-order valence-electron chi connectivity index (χ3n) is 4.69. The van der Waals surface area contributed by atoms with Crippen molar-refractivity contribution in [3.05, 3.63) is 17.5 Å². The number of rotatable bonds is 9. The normalized spacial score (nSPS) is 21.8. The molecule has 2 heterocycles. The van der Waals surface area contributed by atoms with E-state index < -0.39 is 10.0 Å². The van der Waals surface area contributed by atoms with E-state index in [1.165, 1.54) is 26.6 Å². The van der Waals surface area contributed by atoms with E-state index in [-0.39, 0.29) is 16.7 Å². The van der Waals surface area contributed by atoms with Gasteiger partial charge in [-0.15, -0.1) is 11.3 Å². The topological polar surface area (TPSA) is 69.7 Å². The molecule has 2 unspecified atom stereocenters. The fourth-order valence-corrected chi connectivity index (χ4v) is 5.90. The van der Waals surface area contributed by atoms with Gasteiger partial charge in [0.25, 0.3) is 10.0 Å². The van der Waals surface area contributed by atoms with Gasteiger partial charge in [0.15, 0.2) is 0 Å². The van der Waals surface area contributed by atoms with Crippen LogP contribution < -0.4 is 5.32 Å². The molecule has 1 saturated heterocycles. The van der Waals surface area contributed by atoms with E-state index in [1.807, 2.05) is 0 Å². The van der Waals surface area contributed by atoms with Gasteiger partial charge in [-0.2, -0.15) is 4.31 Å². The molecule has 1 aromatic rings. The van der Waals surface area contributed by atoms with Crippen LogP contribution in [-0.2, 0) is 14.8 Å². The Kier molecular flexibility index (Phi) is 8.06. The maximum Gasteiger partial charge on any atom is 0.252 e. The van der Waals surface area contributed by atoms with E-state index in [0.29, 0.717) is 6.54 Å². The maximum atomic E-state index is 12.3. The molecule has 1 N–H and O–H groups in total. The molecular formula is C18H31N3O3S2. The number of likely N-dealkylation sites (N-methyl/N-ethyl adjacent to an activating group) is 1. The van der Waals surface area contributed by atoms with Crippen LogP contribution in [0.4, 0.5) is 0 Å². The fraction of sp³-hybridized carbons (Fsp3) is 0.722. The number of piperidine rings is 1. The van der Waals surface area contributed by atoms with Crippen LogP contribution in [0.2, 0.25) is 0 Å². The van der Waals surface area contributed by atoms with E-state index in [1.54, 1.807) is 17.5 Å². The predicted octanol–water partition coefficient (Wildman–Crippen LogP) is 2.24. The maximum absolute atomic E-state index is 12.3. The Labute approximate surface area is 161 Å². The van der Waals surface area contributed by atoms with Crippen LogP contribution in [0.25, 0.3) is 0 Å². The van der Waals surface area contributed by atoms with Crippen molar-refractivity contribution in [3.8, 4) is 0 Å². The summed E-state index contributed by atoms with van der Waals surface area (Å²) in [4.78, 5) is 14.5. The van der Waals surface area contributed by atoms with Crippen molar-refractivity contribution in [2.45, 2.75) is 37.3 Å². The summed E-state index contributed by atoms with van der Waals surface area (Å²) in [7, 11) is -2.13. The van der Waals surface area contributed by atoms with Gasteiger partial charge in [-0.1, -0.05) is 19.9 Å². The quantitative estimate of drug-likeness (QED) is 0.644. The molecular weight excluding hydrogens is 370 g/mol. The van der Waals surface area contributed by atoms with Crippen LogP contribution in [0.15, 0.2) is 21.7 Å². The smallest absolute Gasteiger partial charge is 0.252 e. The highest BCUT2D eigenvalue weighted by Crippen LogP contribution is 2.21. The second-order valence-electron chi connectivity index (χ2n) is 7.46. The lowest BCUT2D eigenvalue weighted by Gasteiger charge is -2.34.